The zero-order chi connectivity index (χ0) is 23.7. The fraction of sp³-hybridized carbons (Fsp3) is 0.318. The van der Waals surface area contributed by atoms with E-state index in [1.54, 1.807) is 6.92 Å². The number of amides is 1. The van der Waals surface area contributed by atoms with E-state index < -0.39 is 51.2 Å². The first-order valence-electron chi connectivity index (χ1n) is 9.89. The van der Waals surface area contributed by atoms with Gasteiger partial charge in [-0.3, -0.25) is 9.59 Å². The van der Waals surface area contributed by atoms with Crippen molar-refractivity contribution in [2.75, 3.05) is 13.2 Å². The predicted molar refractivity (Wildman–Crippen MR) is 110 cm³/mol. The molecule has 0 saturated heterocycles. The lowest BCUT2D eigenvalue weighted by atomic mass is 9.87. The van der Waals surface area contributed by atoms with Gasteiger partial charge in [0.25, 0.3) is 15.9 Å². The topological polar surface area (TPSA) is 107 Å². The van der Waals surface area contributed by atoms with Crippen molar-refractivity contribution in [2.45, 2.75) is 37.6 Å². The van der Waals surface area contributed by atoms with Gasteiger partial charge in [0.15, 0.2) is 5.54 Å². The molecule has 1 atom stereocenters. The SMILES string of the molecule is CCOC(=O)CC1(C(=O)OCC)c2cccc(F)c2C(=O)N1S(=O)(=O)c1ccc(C)cc1. The van der Waals surface area contributed by atoms with Crippen LogP contribution in [-0.4, -0.2) is 43.8 Å². The van der Waals surface area contributed by atoms with E-state index >= 15 is 0 Å². The first-order valence-corrected chi connectivity index (χ1v) is 11.3. The highest BCUT2D eigenvalue weighted by Crippen LogP contribution is 2.47. The monoisotopic (exact) mass is 463 g/mol. The fourth-order valence-corrected chi connectivity index (χ4v) is 5.35. The zero-order valence-corrected chi connectivity index (χ0v) is 18.6. The summed E-state index contributed by atoms with van der Waals surface area (Å²) < 4.78 is 52.3. The van der Waals surface area contributed by atoms with Gasteiger partial charge in [-0.2, -0.15) is 0 Å². The number of ether oxygens (including phenoxy) is 2. The number of carbonyl (C=O) groups is 3. The van der Waals surface area contributed by atoms with Gasteiger partial charge >= 0.3 is 11.9 Å². The van der Waals surface area contributed by atoms with Gasteiger partial charge in [0.05, 0.1) is 30.1 Å². The predicted octanol–water partition coefficient (Wildman–Crippen LogP) is 2.69. The number of hydrogen-bond donors (Lipinski definition) is 0. The summed E-state index contributed by atoms with van der Waals surface area (Å²) in [6.07, 6.45) is -0.868. The Morgan fingerprint density at radius 3 is 2.25 bits per heavy atom. The second-order valence-corrected chi connectivity index (χ2v) is 8.90. The average molecular weight is 463 g/mol. The number of halogens is 1. The van der Waals surface area contributed by atoms with Crippen molar-refractivity contribution in [3.8, 4) is 0 Å². The second-order valence-electron chi connectivity index (χ2n) is 7.11. The number of esters is 2. The minimum Gasteiger partial charge on any atom is -0.466 e. The van der Waals surface area contributed by atoms with Crippen LogP contribution in [0.4, 0.5) is 4.39 Å². The molecule has 170 valence electrons. The lowest BCUT2D eigenvalue weighted by Crippen LogP contribution is -2.54. The normalized spacial score (nSPS) is 17.8. The zero-order valence-electron chi connectivity index (χ0n) is 17.8. The number of carbonyl (C=O) groups excluding carboxylic acids is 3. The molecular formula is C22H22FNO7S. The molecule has 0 bridgehead atoms. The van der Waals surface area contributed by atoms with Gasteiger partial charge in [0.1, 0.15) is 5.82 Å². The van der Waals surface area contributed by atoms with Crippen molar-refractivity contribution in [3.05, 3.63) is 65.0 Å². The van der Waals surface area contributed by atoms with Crippen LogP contribution in [0.15, 0.2) is 47.4 Å². The van der Waals surface area contributed by atoms with E-state index in [0.29, 0.717) is 0 Å². The summed E-state index contributed by atoms with van der Waals surface area (Å²) in [5.41, 5.74) is -2.58. The van der Waals surface area contributed by atoms with E-state index in [1.165, 1.54) is 50.2 Å². The molecule has 0 aliphatic carbocycles. The summed E-state index contributed by atoms with van der Waals surface area (Å²) >= 11 is 0. The fourth-order valence-electron chi connectivity index (χ4n) is 3.70. The Morgan fingerprint density at radius 2 is 1.66 bits per heavy atom. The lowest BCUT2D eigenvalue weighted by molar-refractivity contribution is -0.160. The minimum absolute atomic E-state index is 0.0492. The Balaban J connectivity index is 2.35. The first-order chi connectivity index (χ1) is 15.1. The maximum absolute atomic E-state index is 14.7. The summed E-state index contributed by atoms with van der Waals surface area (Å²) in [4.78, 5) is 38.8. The van der Waals surface area contributed by atoms with Crippen LogP contribution in [0.1, 0.15) is 41.8 Å². The first kappa shape index (κ1) is 23.4. The summed E-state index contributed by atoms with van der Waals surface area (Å²) in [5.74, 6) is -4.42. The van der Waals surface area contributed by atoms with E-state index in [0.717, 1.165) is 11.6 Å². The van der Waals surface area contributed by atoms with Crippen LogP contribution in [-0.2, 0) is 34.6 Å². The number of benzene rings is 2. The van der Waals surface area contributed by atoms with Gasteiger partial charge in [0, 0.05) is 5.56 Å². The molecular weight excluding hydrogens is 441 g/mol. The molecule has 1 unspecified atom stereocenters. The van der Waals surface area contributed by atoms with E-state index in [2.05, 4.69) is 0 Å². The van der Waals surface area contributed by atoms with Gasteiger partial charge in [0.2, 0.25) is 0 Å². The van der Waals surface area contributed by atoms with E-state index in [-0.39, 0.29) is 28.0 Å². The smallest absolute Gasteiger partial charge is 0.338 e. The average Bonchev–Trinajstić information content (AvgIpc) is 2.99. The summed E-state index contributed by atoms with van der Waals surface area (Å²) in [6.45, 7) is 4.54. The van der Waals surface area contributed by atoms with E-state index in [1.807, 2.05) is 0 Å². The van der Waals surface area contributed by atoms with Gasteiger partial charge < -0.3 is 9.47 Å². The maximum Gasteiger partial charge on any atom is 0.338 e. The number of fused-ring (bicyclic) bond motifs is 1. The van der Waals surface area contributed by atoms with Gasteiger partial charge in [-0.05, 0) is 39.0 Å². The Labute approximate surface area is 185 Å². The molecule has 2 aromatic carbocycles. The van der Waals surface area contributed by atoms with Crippen LogP contribution in [0.25, 0.3) is 0 Å². The van der Waals surface area contributed by atoms with Crippen LogP contribution in [0.2, 0.25) is 0 Å². The summed E-state index contributed by atoms with van der Waals surface area (Å²) in [6, 6.07) is 8.98. The molecule has 8 nitrogen and oxygen atoms in total. The van der Waals surface area contributed by atoms with Crippen LogP contribution in [0.3, 0.4) is 0 Å². The van der Waals surface area contributed by atoms with Crippen molar-refractivity contribution in [2.24, 2.45) is 0 Å². The Bertz CT molecular complexity index is 1180. The van der Waals surface area contributed by atoms with Crippen molar-refractivity contribution in [1.29, 1.82) is 0 Å². The number of hydrogen-bond acceptors (Lipinski definition) is 7. The standard InChI is InChI=1S/C22H22FNO7S/c1-4-30-18(25)13-22(21(27)31-5-2)16-7-6-8-17(23)19(16)20(26)24(22)32(28,29)15-11-9-14(3)10-12-15/h6-12H,4-5,13H2,1-3H3. The Kier molecular flexibility index (Phi) is 6.36. The van der Waals surface area contributed by atoms with Crippen molar-refractivity contribution in [1.82, 2.24) is 4.31 Å². The van der Waals surface area contributed by atoms with Crippen LogP contribution in [0, 0.1) is 12.7 Å². The van der Waals surface area contributed by atoms with E-state index in [4.69, 9.17) is 9.47 Å². The minimum atomic E-state index is -4.71. The molecule has 1 aliphatic heterocycles. The highest BCUT2D eigenvalue weighted by Gasteiger charge is 2.63. The lowest BCUT2D eigenvalue weighted by Gasteiger charge is -2.35. The third-order valence-electron chi connectivity index (χ3n) is 5.08. The van der Waals surface area contributed by atoms with Gasteiger partial charge in [-0.25, -0.2) is 21.9 Å². The number of nitrogens with zero attached hydrogens (tertiary/aromatic N) is 1. The molecule has 2 aromatic rings. The molecule has 3 rings (SSSR count). The van der Waals surface area contributed by atoms with Crippen LogP contribution in [0.5, 0.6) is 0 Å². The van der Waals surface area contributed by atoms with Gasteiger partial charge in [-0.1, -0.05) is 29.8 Å². The number of aryl methyl sites for hydroxylation is 1. The van der Waals surface area contributed by atoms with Crippen LogP contribution >= 0.6 is 0 Å². The Morgan fingerprint density at radius 1 is 1.03 bits per heavy atom. The third-order valence-corrected chi connectivity index (χ3v) is 6.91. The molecule has 10 heteroatoms. The molecule has 0 fully saturated rings. The Hall–Kier alpha value is -3.27. The highest BCUT2D eigenvalue weighted by molar-refractivity contribution is 7.89. The molecule has 1 amide bonds. The van der Waals surface area contributed by atoms with Crippen molar-refractivity contribution >= 4 is 27.9 Å². The molecule has 1 heterocycles. The molecule has 0 radical (unpaired) electrons. The molecule has 0 spiro atoms. The summed E-state index contributed by atoms with van der Waals surface area (Å²) in [7, 11) is -4.71. The van der Waals surface area contributed by atoms with Gasteiger partial charge in [-0.15, -0.1) is 0 Å². The molecule has 32 heavy (non-hydrogen) atoms. The molecule has 0 aromatic heterocycles. The number of rotatable bonds is 7. The third kappa shape index (κ3) is 3.64. The molecule has 0 saturated carbocycles. The number of sulfonamides is 1. The maximum atomic E-state index is 14.7. The highest BCUT2D eigenvalue weighted by atomic mass is 32.2. The quantitative estimate of drug-likeness (QED) is 0.581. The summed E-state index contributed by atoms with van der Waals surface area (Å²) in [5, 5.41) is 0. The van der Waals surface area contributed by atoms with Crippen LogP contribution < -0.4 is 0 Å². The van der Waals surface area contributed by atoms with Crippen molar-refractivity contribution < 1.29 is 36.7 Å². The van der Waals surface area contributed by atoms with E-state index in [9.17, 15) is 27.2 Å². The molecule has 0 N–H and O–H groups in total. The largest absolute Gasteiger partial charge is 0.466 e. The second kappa shape index (κ2) is 8.70. The van der Waals surface area contributed by atoms with Crippen molar-refractivity contribution in [3.63, 3.8) is 0 Å². The molecule has 1 aliphatic rings.